The Morgan fingerprint density at radius 1 is 1.03 bits per heavy atom. The van der Waals surface area contributed by atoms with Crippen molar-refractivity contribution in [2.24, 2.45) is 0 Å². The lowest BCUT2D eigenvalue weighted by atomic mass is 10.3. The van der Waals surface area contributed by atoms with Crippen LogP contribution >= 0.6 is 11.3 Å². The van der Waals surface area contributed by atoms with Crippen LogP contribution < -0.4 is 19.2 Å². The molecule has 4 rings (SSSR count). The van der Waals surface area contributed by atoms with Crippen molar-refractivity contribution < 1.29 is 17.9 Å². The summed E-state index contributed by atoms with van der Waals surface area (Å²) in [6.07, 6.45) is 0. The van der Waals surface area contributed by atoms with Gasteiger partial charge in [-0.3, -0.25) is 18.5 Å². The number of nitrogens with zero attached hydrogens (tertiary/aromatic N) is 2. The second-order valence-corrected chi connectivity index (χ2v) is 10.5. The van der Waals surface area contributed by atoms with Crippen LogP contribution in [0.3, 0.4) is 0 Å². The molecule has 1 aromatic heterocycles. The van der Waals surface area contributed by atoms with Crippen molar-refractivity contribution in [3.63, 3.8) is 0 Å². The molecule has 182 valence electrons. The number of anilines is 2. The van der Waals surface area contributed by atoms with Gasteiger partial charge in [-0.15, -0.1) is 0 Å². The molecule has 0 saturated carbocycles. The molecule has 0 aliphatic carbocycles. The predicted molar refractivity (Wildman–Crippen MR) is 139 cm³/mol. The van der Waals surface area contributed by atoms with E-state index >= 15 is 0 Å². The van der Waals surface area contributed by atoms with E-state index in [2.05, 4.69) is 5.32 Å². The molecule has 0 aliphatic rings. The molecule has 8 nitrogen and oxygen atoms in total. The highest BCUT2D eigenvalue weighted by Gasteiger charge is 2.27. The van der Waals surface area contributed by atoms with Crippen molar-refractivity contribution in [2.45, 2.75) is 25.3 Å². The highest BCUT2D eigenvalue weighted by Crippen LogP contribution is 2.27. The van der Waals surface area contributed by atoms with Gasteiger partial charge in [-0.1, -0.05) is 29.5 Å². The number of aromatic nitrogens is 1. The number of thiazole rings is 1. The van der Waals surface area contributed by atoms with Crippen LogP contribution in [0.25, 0.3) is 10.2 Å². The summed E-state index contributed by atoms with van der Waals surface area (Å²) in [5.41, 5.74) is 1.61. The van der Waals surface area contributed by atoms with Gasteiger partial charge in [-0.2, -0.15) is 0 Å². The van der Waals surface area contributed by atoms with Crippen molar-refractivity contribution in [3.05, 3.63) is 82.5 Å². The van der Waals surface area contributed by atoms with E-state index < -0.39 is 22.5 Å². The average molecular weight is 512 g/mol. The van der Waals surface area contributed by atoms with Crippen LogP contribution in [0.4, 0.5) is 11.4 Å². The first-order valence-electron chi connectivity index (χ1n) is 11.1. The van der Waals surface area contributed by atoms with Crippen molar-refractivity contribution >= 4 is 48.9 Å². The molecule has 0 atom stereocenters. The standard InChI is InChI=1S/C25H25N3O5S2/c1-3-27-22-15-10-18(16-23(22)34-25(27)30)26-24(29)17-28(19-11-13-20(14-12-19)33-4-2)35(31,32)21-8-6-5-7-9-21/h5-16H,3-4,17H2,1-2H3,(H,26,29). The Hall–Kier alpha value is -3.63. The summed E-state index contributed by atoms with van der Waals surface area (Å²) in [7, 11) is -4.02. The number of amides is 1. The number of carbonyl (C=O) groups is 1. The number of benzene rings is 3. The normalized spacial score (nSPS) is 11.4. The molecule has 4 aromatic rings. The van der Waals surface area contributed by atoms with E-state index in [1.165, 1.54) is 12.1 Å². The number of rotatable bonds is 9. The molecular formula is C25H25N3O5S2. The number of fused-ring (bicyclic) bond motifs is 1. The highest BCUT2D eigenvalue weighted by atomic mass is 32.2. The minimum Gasteiger partial charge on any atom is -0.494 e. The highest BCUT2D eigenvalue weighted by molar-refractivity contribution is 7.92. The quantitative estimate of drug-likeness (QED) is 0.361. The Kier molecular flexibility index (Phi) is 7.23. The average Bonchev–Trinajstić information content (AvgIpc) is 3.17. The van der Waals surface area contributed by atoms with Crippen LogP contribution in [0.1, 0.15) is 13.8 Å². The van der Waals surface area contributed by atoms with Crippen molar-refractivity contribution in [3.8, 4) is 5.75 Å². The van der Waals surface area contributed by atoms with Crippen molar-refractivity contribution in [1.29, 1.82) is 0 Å². The number of nitrogens with one attached hydrogen (secondary N) is 1. The van der Waals surface area contributed by atoms with Crippen molar-refractivity contribution in [2.75, 3.05) is 22.8 Å². The third-order valence-electron chi connectivity index (χ3n) is 5.32. The van der Waals surface area contributed by atoms with E-state index in [0.29, 0.717) is 30.3 Å². The van der Waals surface area contributed by atoms with Crippen molar-refractivity contribution in [1.82, 2.24) is 4.57 Å². The number of ether oxygens (including phenoxy) is 1. The van der Waals surface area contributed by atoms with Gasteiger partial charge in [0.2, 0.25) is 5.91 Å². The first kappa shape index (κ1) is 24.5. The Balaban J connectivity index is 1.63. The zero-order chi connectivity index (χ0) is 25.0. The van der Waals surface area contributed by atoms with E-state index in [1.807, 2.05) is 13.8 Å². The zero-order valence-electron chi connectivity index (χ0n) is 19.3. The van der Waals surface area contributed by atoms with Crippen LogP contribution in [0, 0.1) is 0 Å². The van der Waals surface area contributed by atoms with Gasteiger partial charge in [-0.05, 0) is 68.4 Å². The zero-order valence-corrected chi connectivity index (χ0v) is 20.9. The summed E-state index contributed by atoms with van der Waals surface area (Å²) in [6.45, 7) is 4.35. The van der Waals surface area contributed by atoms with Gasteiger partial charge in [0.1, 0.15) is 12.3 Å². The van der Waals surface area contributed by atoms with E-state index in [1.54, 1.807) is 65.2 Å². The van der Waals surface area contributed by atoms with E-state index in [-0.39, 0.29) is 9.77 Å². The Bertz CT molecular complexity index is 1490. The lowest BCUT2D eigenvalue weighted by Crippen LogP contribution is -2.38. The molecule has 0 unspecified atom stereocenters. The molecule has 0 saturated heterocycles. The monoisotopic (exact) mass is 511 g/mol. The van der Waals surface area contributed by atoms with Gasteiger partial charge in [-0.25, -0.2) is 8.42 Å². The van der Waals surface area contributed by atoms with Gasteiger partial charge in [0.15, 0.2) is 0 Å². The molecule has 0 aliphatic heterocycles. The molecule has 1 heterocycles. The van der Waals surface area contributed by atoms with Crippen LogP contribution in [0.5, 0.6) is 5.75 Å². The molecule has 0 fully saturated rings. The van der Waals surface area contributed by atoms with Gasteiger partial charge in [0.25, 0.3) is 10.0 Å². The second kappa shape index (κ2) is 10.3. The first-order chi connectivity index (χ1) is 16.8. The Morgan fingerprint density at radius 2 is 1.74 bits per heavy atom. The fraction of sp³-hybridized carbons (Fsp3) is 0.200. The van der Waals surface area contributed by atoms with Gasteiger partial charge in [0, 0.05) is 12.2 Å². The van der Waals surface area contributed by atoms with Crippen LogP contribution in [-0.2, 0) is 21.4 Å². The maximum absolute atomic E-state index is 13.5. The number of hydrogen-bond acceptors (Lipinski definition) is 6. The minimum atomic E-state index is -4.02. The molecule has 1 N–H and O–H groups in total. The van der Waals surface area contributed by atoms with E-state index in [4.69, 9.17) is 4.74 Å². The third kappa shape index (κ3) is 5.23. The predicted octanol–water partition coefficient (Wildman–Crippen LogP) is 4.32. The molecule has 10 heteroatoms. The van der Waals surface area contributed by atoms with E-state index in [9.17, 15) is 18.0 Å². The third-order valence-corrected chi connectivity index (χ3v) is 8.05. The number of carbonyl (C=O) groups excluding carboxylic acids is 1. The first-order valence-corrected chi connectivity index (χ1v) is 13.3. The molecule has 0 radical (unpaired) electrons. The summed E-state index contributed by atoms with van der Waals surface area (Å²) in [4.78, 5) is 25.1. The molecular weight excluding hydrogens is 486 g/mol. The van der Waals surface area contributed by atoms with Crippen LogP contribution in [0.2, 0.25) is 0 Å². The van der Waals surface area contributed by atoms with E-state index in [0.717, 1.165) is 25.9 Å². The fourth-order valence-electron chi connectivity index (χ4n) is 3.68. The Labute approximate surface area is 207 Å². The summed E-state index contributed by atoms with van der Waals surface area (Å²) in [5.74, 6) is 0.0871. The van der Waals surface area contributed by atoms with Crippen LogP contribution in [0.15, 0.2) is 82.5 Å². The summed E-state index contributed by atoms with van der Waals surface area (Å²) < 4.78 is 35.8. The van der Waals surface area contributed by atoms with Crippen LogP contribution in [-0.4, -0.2) is 32.0 Å². The molecule has 35 heavy (non-hydrogen) atoms. The SMILES string of the molecule is CCOc1ccc(N(CC(=O)Nc2ccc3c(c2)sc(=O)n3CC)S(=O)(=O)c2ccccc2)cc1. The summed E-state index contributed by atoms with van der Waals surface area (Å²) in [6, 6.07) is 19.7. The molecule has 1 amide bonds. The maximum atomic E-state index is 13.5. The largest absolute Gasteiger partial charge is 0.494 e. The molecule has 3 aromatic carbocycles. The lowest BCUT2D eigenvalue weighted by molar-refractivity contribution is -0.114. The minimum absolute atomic E-state index is 0.0680. The summed E-state index contributed by atoms with van der Waals surface area (Å²) >= 11 is 1.10. The molecule has 0 bridgehead atoms. The topological polar surface area (TPSA) is 97.7 Å². The Morgan fingerprint density at radius 3 is 2.40 bits per heavy atom. The summed E-state index contributed by atoms with van der Waals surface area (Å²) in [5, 5.41) is 2.76. The van der Waals surface area contributed by atoms with Gasteiger partial charge < -0.3 is 10.1 Å². The number of aryl methyl sites for hydroxylation is 1. The van der Waals surface area contributed by atoms with Gasteiger partial charge in [0.05, 0.1) is 27.4 Å². The second-order valence-electron chi connectivity index (χ2n) is 7.59. The number of sulfonamides is 1. The fourth-order valence-corrected chi connectivity index (χ4v) is 6.12. The smallest absolute Gasteiger partial charge is 0.308 e. The molecule has 0 spiro atoms. The number of hydrogen-bond donors (Lipinski definition) is 1. The maximum Gasteiger partial charge on any atom is 0.308 e. The van der Waals surface area contributed by atoms with Gasteiger partial charge >= 0.3 is 4.87 Å². The lowest BCUT2D eigenvalue weighted by Gasteiger charge is -2.24.